The van der Waals surface area contributed by atoms with E-state index in [0.717, 1.165) is 0 Å². The maximum Gasteiger partial charge on any atom is 0.211 e. The lowest BCUT2D eigenvalue weighted by atomic mass is 10.2. The minimum absolute atomic E-state index is 0.123. The number of nitrogens with one attached hydrogen (secondary N) is 1. The third kappa shape index (κ3) is 4.29. The average molecular weight is 282 g/mol. The summed E-state index contributed by atoms with van der Waals surface area (Å²) in [4.78, 5) is 0. The summed E-state index contributed by atoms with van der Waals surface area (Å²) in [7, 11) is -3.20. The molecule has 0 saturated heterocycles. The van der Waals surface area contributed by atoms with Crippen molar-refractivity contribution in [3.8, 4) is 0 Å². The van der Waals surface area contributed by atoms with Crippen LogP contribution in [0.2, 0.25) is 10.0 Å². The van der Waals surface area contributed by atoms with Gasteiger partial charge in [0.2, 0.25) is 10.0 Å². The van der Waals surface area contributed by atoms with Crippen LogP contribution in [0, 0.1) is 0 Å². The smallest absolute Gasteiger partial charge is 0.211 e. The quantitative estimate of drug-likeness (QED) is 0.902. The minimum Gasteiger partial charge on any atom is -0.212 e. The number of hydrogen-bond donors (Lipinski definition) is 1. The van der Waals surface area contributed by atoms with Gasteiger partial charge in [0.15, 0.2) is 0 Å². The third-order valence-electron chi connectivity index (χ3n) is 1.97. The zero-order valence-electron chi connectivity index (χ0n) is 8.83. The molecule has 0 aliphatic rings. The van der Waals surface area contributed by atoms with Crippen LogP contribution in [-0.4, -0.2) is 14.2 Å². The second-order valence-electron chi connectivity index (χ2n) is 3.38. The average Bonchev–Trinajstić information content (AvgIpc) is 2.16. The first-order valence-electron chi connectivity index (χ1n) is 4.86. The highest BCUT2D eigenvalue weighted by molar-refractivity contribution is 7.89. The van der Waals surface area contributed by atoms with Gasteiger partial charge in [0.1, 0.15) is 0 Å². The Hall–Kier alpha value is -0.290. The van der Waals surface area contributed by atoms with E-state index in [0.29, 0.717) is 22.0 Å². The van der Waals surface area contributed by atoms with E-state index >= 15 is 0 Å². The molecule has 0 aliphatic carbocycles. The maximum absolute atomic E-state index is 11.4. The van der Waals surface area contributed by atoms with Gasteiger partial charge in [-0.3, -0.25) is 0 Å². The topological polar surface area (TPSA) is 46.2 Å². The lowest BCUT2D eigenvalue weighted by Crippen LogP contribution is -2.25. The van der Waals surface area contributed by atoms with Crippen LogP contribution < -0.4 is 4.72 Å². The molecule has 0 unspecified atom stereocenters. The number of benzene rings is 1. The second kappa shape index (κ2) is 5.87. The molecule has 0 amide bonds. The number of hydrogen-bond acceptors (Lipinski definition) is 2. The van der Waals surface area contributed by atoms with Crippen LogP contribution in [0.15, 0.2) is 18.2 Å². The van der Waals surface area contributed by atoms with E-state index < -0.39 is 10.0 Å². The Morgan fingerprint density at radius 1 is 1.31 bits per heavy atom. The number of halogens is 2. The first-order chi connectivity index (χ1) is 7.44. The number of rotatable bonds is 5. The van der Waals surface area contributed by atoms with Gasteiger partial charge in [-0.05, 0) is 24.1 Å². The summed E-state index contributed by atoms with van der Waals surface area (Å²) in [6.45, 7) is 2.01. The van der Waals surface area contributed by atoms with Crippen molar-refractivity contribution < 1.29 is 8.42 Å². The molecule has 0 heterocycles. The Bertz CT molecular complexity index is 460. The number of sulfonamides is 1. The molecule has 3 nitrogen and oxygen atoms in total. The van der Waals surface area contributed by atoms with E-state index in [9.17, 15) is 8.42 Å². The monoisotopic (exact) mass is 281 g/mol. The van der Waals surface area contributed by atoms with E-state index in [4.69, 9.17) is 23.2 Å². The summed E-state index contributed by atoms with van der Waals surface area (Å²) in [5.74, 6) is 0.123. The zero-order valence-corrected chi connectivity index (χ0v) is 11.2. The predicted octanol–water partition coefficient (Wildman–Crippen LogP) is 2.82. The van der Waals surface area contributed by atoms with Crippen molar-refractivity contribution in [2.75, 3.05) is 5.75 Å². The van der Waals surface area contributed by atoms with Crippen molar-refractivity contribution in [1.82, 2.24) is 4.72 Å². The van der Waals surface area contributed by atoms with Gasteiger partial charge in [0, 0.05) is 16.6 Å². The SMILES string of the molecule is CCCS(=O)(=O)NCc1ccc(Cl)cc1Cl. The Kier molecular flexibility index (Phi) is 5.05. The first kappa shape index (κ1) is 13.8. The summed E-state index contributed by atoms with van der Waals surface area (Å²) in [5.41, 5.74) is 0.714. The molecule has 0 fully saturated rings. The van der Waals surface area contributed by atoms with Gasteiger partial charge in [-0.1, -0.05) is 36.2 Å². The molecular weight excluding hydrogens is 269 g/mol. The molecule has 16 heavy (non-hydrogen) atoms. The van der Waals surface area contributed by atoms with Crippen molar-refractivity contribution in [2.45, 2.75) is 19.9 Å². The highest BCUT2D eigenvalue weighted by Crippen LogP contribution is 2.20. The lowest BCUT2D eigenvalue weighted by molar-refractivity contribution is 0.580. The highest BCUT2D eigenvalue weighted by Gasteiger charge is 2.09. The van der Waals surface area contributed by atoms with Gasteiger partial charge < -0.3 is 0 Å². The van der Waals surface area contributed by atoms with Gasteiger partial charge in [-0.15, -0.1) is 0 Å². The van der Waals surface area contributed by atoms with E-state index in [1.165, 1.54) is 0 Å². The Morgan fingerprint density at radius 3 is 2.56 bits per heavy atom. The Morgan fingerprint density at radius 2 is 2.00 bits per heavy atom. The Labute approximate surface area is 106 Å². The molecule has 0 saturated carbocycles. The lowest BCUT2D eigenvalue weighted by Gasteiger charge is -2.07. The van der Waals surface area contributed by atoms with Crippen LogP contribution in [0.5, 0.6) is 0 Å². The van der Waals surface area contributed by atoms with E-state index in [-0.39, 0.29) is 12.3 Å². The highest BCUT2D eigenvalue weighted by atomic mass is 35.5. The molecule has 1 rings (SSSR count). The third-order valence-corrected chi connectivity index (χ3v) is 4.09. The molecule has 1 aromatic carbocycles. The molecule has 0 aromatic heterocycles. The zero-order chi connectivity index (χ0) is 12.2. The van der Waals surface area contributed by atoms with E-state index in [1.807, 2.05) is 6.92 Å². The summed E-state index contributed by atoms with van der Waals surface area (Å²) >= 11 is 11.6. The van der Waals surface area contributed by atoms with Gasteiger partial charge in [-0.2, -0.15) is 0 Å². The maximum atomic E-state index is 11.4. The second-order valence-corrected chi connectivity index (χ2v) is 6.15. The largest absolute Gasteiger partial charge is 0.212 e. The molecule has 1 N–H and O–H groups in total. The van der Waals surface area contributed by atoms with Crippen LogP contribution in [0.1, 0.15) is 18.9 Å². The van der Waals surface area contributed by atoms with E-state index in [1.54, 1.807) is 18.2 Å². The normalized spacial score (nSPS) is 11.7. The van der Waals surface area contributed by atoms with Crippen LogP contribution in [-0.2, 0) is 16.6 Å². The summed E-state index contributed by atoms with van der Waals surface area (Å²) in [6.07, 6.45) is 0.587. The molecule has 0 spiro atoms. The van der Waals surface area contributed by atoms with Crippen molar-refractivity contribution in [3.63, 3.8) is 0 Å². The molecule has 6 heteroatoms. The van der Waals surface area contributed by atoms with Crippen molar-refractivity contribution in [3.05, 3.63) is 33.8 Å². The van der Waals surface area contributed by atoms with Crippen LogP contribution in [0.4, 0.5) is 0 Å². The molecule has 0 radical (unpaired) electrons. The van der Waals surface area contributed by atoms with Crippen LogP contribution in [0.25, 0.3) is 0 Å². The summed E-state index contributed by atoms with van der Waals surface area (Å²) in [5, 5.41) is 0.997. The summed E-state index contributed by atoms with van der Waals surface area (Å²) < 4.78 is 25.3. The predicted molar refractivity (Wildman–Crippen MR) is 67.4 cm³/mol. The van der Waals surface area contributed by atoms with Gasteiger partial charge in [0.05, 0.1) is 5.75 Å². The molecular formula is C10H13Cl2NO2S. The Balaban J connectivity index is 2.68. The summed E-state index contributed by atoms with van der Waals surface area (Å²) in [6, 6.07) is 4.97. The molecule has 0 aliphatic heterocycles. The van der Waals surface area contributed by atoms with Crippen molar-refractivity contribution in [2.24, 2.45) is 0 Å². The fourth-order valence-corrected chi connectivity index (χ4v) is 2.73. The van der Waals surface area contributed by atoms with Crippen LogP contribution >= 0.6 is 23.2 Å². The standard InChI is InChI=1S/C10H13Cl2NO2S/c1-2-5-16(14,15)13-7-8-3-4-9(11)6-10(8)12/h3-4,6,13H,2,5,7H2,1H3. The molecule has 0 atom stereocenters. The van der Waals surface area contributed by atoms with Crippen LogP contribution in [0.3, 0.4) is 0 Å². The van der Waals surface area contributed by atoms with E-state index in [2.05, 4.69) is 4.72 Å². The molecule has 90 valence electrons. The fraction of sp³-hybridized carbons (Fsp3) is 0.400. The van der Waals surface area contributed by atoms with Crippen molar-refractivity contribution in [1.29, 1.82) is 0 Å². The molecule has 1 aromatic rings. The van der Waals surface area contributed by atoms with Gasteiger partial charge >= 0.3 is 0 Å². The first-order valence-corrected chi connectivity index (χ1v) is 7.26. The fourth-order valence-electron chi connectivity index (χ4n) is 1.19. The minimum atomic E-state index is -3.20. The van der Waals surface area contributed by atoms with Gasteiger partial charge in [0.25, 0.3) is 0 Å². The molecule has 0 bridgehead atoms. The van der Waals surface area contributed by atoms with Crippen molar-refractivity contribution >= 4 is 33.2 Å². The van der Waals surface area contributed by atoms with Gasteiger partial charge in [-0.25, -0.2) is 13.1 Å².